The quantitative estimate of drug-likeness (QED) is 0.875. The molecule has 6 heteroatoms. The Balaban J connectivity index is 1.87. The zero-order chi connectivity index (χ0) is 14.2. The highest BCUT2D eigenvalue weighted by Gasteiger charge is 2.02. The number of nitrogens with zero attached hydrogens (tertiary/aromatic N) is 2. The maximum atomic E-state index is 11.2. The molecule has 0 spiro atoms. The molecule has 0 saturated carbocycles. The number of nitrogens with one attached hydrogen (secondary N) is 2. The van der Waals surface area contributed by atoms with Gasteiger partial charge in [-0.25, -0.2) is 9.78 Å². The van der Waals surface area contributed by atoms with Crippen LogP contribution in [-0.4, -0.2) is 22.7 Å². The maximum Gasteiger partial charge on any atom is 0.412 e. The molecule has 2 aromatic rings. The molecular formula is C14H16N4O2. The summed E-state index contributed by atoms with van der Waals surface area (Å²) >= 11 is 0. The van der Waals surface area contributed by atoms with Crippen LogP contribution in [0.2, 0.25) is 0 Å². The van der Waals surface area contributed by atoms with Crippen molar-refractivity contribution in [3.05, 3.63) is 48.4 Å². The fraction of sp³-hybridized carbons (Fsp3) is 0.214. The molecule has 0 radical (unpaired) electrons. The van der Waals surface area contributed by atoms with Crippen molar-refractivity contribution in [3.8, 4) is 0 Å². The summed E-state index contributed by atoms with van der Waals surface area (Å²) in [5, 5.41) is 5.77. The number of hydrogen-bond acceptors (Lipinski definition) is 5. The van der Waals surface area contributed by atoms with Crippen molar-refractivity contribution in [2.24, 2.45) is 0 Å². The summed E-state index contributed by atoms with van der Waals surface area (Å²) in [6.45, 7) is 2.77. The van der Waals surface area contributed by atoms with Gasteiger partial charge in [0, 0.05) is 18.9 Å². The van der Waals surface area contributed by atoms with E-state index in [4.69, 9.17) is 4.74 Å². The number of carbonyl (C=O) groups excluding carboxylic acids is 1. The Labute approximate surface area is 117 Å². The molecule has 2 aromatic heterocycles. The molecule has 6 nitrogen and oxygen atoms in total. The van der Waals surface area contributed by atoms with Gasteiger partial charge in [0.2, 0.25) is 0 Å². The van der Waals surface area contributed by atoms with Crippen LogP contribution in [0.3, 0.4) is 0 Å². The first kappa shape index (κ1) is 13.8. The van der Waals surface area contributed by atoms with Crippen LogP contribution in [0, 0.1) is 0 Å². The molecule has 20 heavy (non-hydrogen) atoms. The molecule has 2 N–H and O–H groups in total. The van der Waals surface area contributed by atoms with Crippen LogP contribution in [0.5, 0.6) is 0 Å². The summed E-state index contributed by atoms with van der Waals surface area (Å²) in [4.78, 5) is 19.3. The monoisotopic (exact) mass is 272 g/mol. The normalized spacial score (nSPS) is 9.85. The fourth-order valence-corrected chi connectivity index (χ4v) is 1.55. The zero-order valence-corrected chi connectivity index (χ0v) is 11.2. The predicted octanol–water partition coefficient (Wildman–Crippen LogP) is 2.66. The molecule has 1 amide bonds. The molecular weight excluding hydrogens is 256 g/mol. The highest BCUT2D eigenvalue weighted by Crippen LogP contribution is 2.11. The van der Waals surface area contributed by atoms with Crippen LogP contribution in [0.15, 0.2) is 42.9 Å². The SMILES string of the molecule is CCOC(=O)Nc1ccc(NCc2ccncc2)cn1. The van der Waals surface area contributed by atoms with Crippen molar-refractivity contribution < 1.29 is 9.53 Å². The van der Waals surface area contributed by atoms with Gasteiger partial charge in [-0.1, -0.05) is 0 Å². The second kappa shape index (κ2) is 7.08. The Kier molecular flexibility index (Phi) is 4.88. The van der Waals surface area contributed by atoms with E-state index in [-0.39, 0.29) is 0 Å². The lowest BCUT2D eigenvalue weighted by Crippen LogP contribution is -2.14. The summed E-state index contributed by atoms with van der Waals surface area (Å²) in [6, 6.07) is 7.44. The van der Waals surface area contributed by atoms with E-state index in [0.717, 1.165) is 11.3 Å². The summed E-state index contributed by atoms with van der Waals surface area (Å²) < 4.78 is 4.77. The highest BCUT2D eigenvalue weighted by molar-refractivity contribution is 5.83. The van der Waals surface area contributed by atoms with Gasteiger partial charge in [-0.05, 0) is 36.8 Å². The van der Waals surface area contributed by atoms with Crippen molar-refractivity contribution in [1.82, 2.24) is 9.97 Å². The summed E-state index contributed by atoms with van der Waals surface area (Å²) in [5.74, 6) is 0.456. The smallest absolute Gasteiger partial charge is 0.412 e. The lowest BCUT2D eigenvalue weighted by Gasteiger charge is -2.07. The molecule has 0 aliphatic carbocycles. The van der Waals surface area contributed by atoms with Crippen molar-refractivity contribution in [1.29, 1.82) is 0 Å². The average Bonchev–Trinajstić information content (AvgIpc) is 2.48. The van der Waals surface area contributed by atoms with E-state index >= 15 is 0 Å². The van der Waals surface area contributed by atoms with Crippen LogP contribution in [-0.2, 0) is 11.3 Å². The Morgan fingerprint density at radius 3 is 2.70 bits per heavy atom. The second-order valence-electron chi connectivity index (χ2n) is 3.99. The van der Waals surface area contributed by atoms with Gasteiger partial charge in [0.1, 0.15) is 5.82 Å². The minimum absolute atomic E-state index is 0.331. The largest absolute Gasteiger partial charge is 0.450 e. The molecule has 104 valence electrons. The van der Waals surface area contributed by atoms with Crippen LogP contribution in [0.1, 0.15) is 12.5 Å². The third-order valence-corrected chi connectivity index (χ3v) is 2.52. The van der Waals surface area contributed by atoms with Crippen molar-refractivity contribution in [3.63, 3.8) is 0 Å². The van der Waals surface area contributed by atoms with Crippen LogP contribution in [0.25, 0.3) is 0 Å². The number of hydrogen-bond donors (Lipinski definition) is 2. The standard InChI is InChI=1S/C14H16N4O2/c1-2-20-14(19)18-13-4-3-12(10-17-13)16-9-11-5-7-15-8-6-11/h3-8,10,16H,2,9H2,1H3,(H,17,18,19). The van der Waals surface area contributed by atoms with E-state index in [2.05, 4.69) is 20.6 Å². The van der Waals surface area contributed by atoms with E-state index in [1.807, 2.05) is 18.2 Å². The zero-order valence-electron chi connectivity index (χ0n) is 11.2. The molecule has 0 aliphatic heterocycles. The lowest BCUT2D eigenvalue weighted by molar-refractivity contribution is 0.168. The van der Waals surface area contributed by atoms with E-state index in [1.54, 1.807) is 31.6 Å². The van der Waals surface area contributed by atoms with Crippen LogP contribution < -0.4 is 10.6 Å². The van der Waals surface area contributed by atoms with Gasteiger partial charge in [-0.2, -0.15) is 0 Å². The third kappa shape index (κ3) is 4.24. The molecule has 0 atom stereocenters. The number of pyridine rings is 2. The molecule has 2 heterocycles. The van der Waals surface area contributed by atoms with Gasteiger partial charge in [0.25, 0.3) is 0 Å². The topological polar surface area (TPSA) is 76.1 Å². The number of ether oxygens (including phenoxy) is 1. The first-order valence-corrected chi connectivity index (χ1v) is 6.30. The number of aromatic nitrogens is 2. The third-order valence-electron chi connectivity index (χ3n) is 2.52. The predicted molar refractivity (Wildman–Crippen MR) is 76.4 cm³/mol. The Morgan fingerprint density at radius 1 is 1.25 bits per heavy atom. The molecule has 0 aliphatic rings. The van der Waals surface area contributed by atoms with E-state index in [9.17, 15) is 4.79 Å². The number of rotatable bonds is 5. The van der Waals surface area contributed by atoms with Gasteiger partial charge in [0.05, 0.1) is 18.5 Å². The Hall–Kier alpha value is -2.63. The van der Waals surface area contributed by atoms with Gasteiger partial charge >= 0.3 is 6.09 Å². The Bertz CT molecular complexity index is 543. The van der Waals surface area contributed by atoms with Gasteiger partial charge in [0.15, 0.2) is 0 Å². The van der Waals surface area contributed by atoms with Gasteiger partial charge in [-0.15, -0.1) is 0 Å². The fourth-order valence-electron chi connectivity index (χ4n) is 1.55. The van der Waals surface area contributed by atoms with Crippen molar-refractivity contribution in [2.75, 3.05) is 17.2 Å². The number of amides is 1. The van der Waals surface area contributed by atoms with Crippen molar-refractivity contribution in [2.45, 2.75) is 13.5 Å². The first-order chi connectivity index (χ1) is 9.78. The van der Waals surface area contributed by atoms with Crippen LogP contribution >= 0.6 is 0 Å². The molecule has 0 unspecified atom stereocenters. The molecule has 0 bridgehead atoms. The lowest BCUT2D eigenvalue weighted by atomic mass is 10.2. The second-order valence-corrected chi connectivity index (χ2v) is 3.99. The van der Waals surface area contributed by atoms with E-state index in [0.29, 0.717) is 19.0 Å². The Morgan fingerprint density at radius 2 is 2.05 bits per heavy atom. The van der Waals surface area contributed by atoms with Crippen LogP contribution in [0.4, 0.5) is 16.3 Å². The maximum absolute atomic E-state index is 11.2. The summed E-state index contributed by atoms with van der Waals surface area (Å²) in [7, 11) is 0. The molecule has 0 fully saturated rings. The highest BCUT2D eigenvalue weighted by atomic mass is 16.5. The average molecular weight is 272 g/mol. The molecule has 0 saturated heterocycles. The molecule has 0 aromatic carbocycles. The number of carbonyl (C=O) groups is 1. The van der Waals surface area contributed by atoms with E-state index in [1.165, 1.54) is 0 Å². The van der Waals surface area contributed by atoms with Gasteiger partial charge in [-0.3, -0.25) is 10.3 Å². The van der Waals surface area contributed by atoms with E-state index < -0.39 is 6.09 Å². The molecule has 2 rings (SSSR count). The first-order valence-electron chi connectivity index (χ1n) is 6.30. The minimum atomic E-state index is -0.502. The van der Waals surface area contributed by atoms with Crippen molar-refractivity contribution >= 4 is 17.6 Å². The van der Waals surface area contributed by atoms with Gasteiger partial charge < -0.3 is 10.1 Å². The minimum Gasteiger partial charge on any atom is -0.450 e. The summed E-state index contributed by atoms with van der Waals surface area (Å²) in [6.07, 6.45) is 4.66. The number of anilines is 2. The summed E-state index contributed by atoms with van der Waals surface area (Å²) in [5.41, 5.74) is 2.00.